The second kappa shape index (κ2) is 10.6. The first-order chi connectivity index (χ1) is 16.1. The fourth-order valence-corrected chi connectivity index (χ4v) is 3.75. The molecule has 0 unspecified atom stereocenters. The molecule has 0 fully saturated rings. The number of hydrogen-bond donors (Lipinski definition) is 1. The Morgan fingerprint density at radius 3 is 2.33 bits per heavy atom. The van der Waals surface area contributed by atoms with Crippen LogP contribution in [0.4, 0.5) is 0 Å². The zero-order valence-electron chi connectivity index (χ0n) is 19.0. The van der Waals surface area contributed by atoms with E-state index in [4.69, 9.17) is 4.74 Å². The SMILES string of the molecule is COc1ccc(-c2nn(C)nc2-c2cccc(C(=O)NCCCCc3ccccc3)c2)cc1. The van der Waals surface area contributed by atoms with Gasteiger partial charge in [0.05, 0.1) is 7.11 Å². The molecule has 0 aliphatic heterocycles. The molecule has 1 aromatic heterocycles. The molecule has 1 amide bonds. The summed E-state index contributed by atoms with van der Waals surface area (Å²) in [6.07, 6.45) is 2.99. The number of nitrogens with zero attached hydrogens (tertiary/aromatic N) is 3. The lowest BCUT2D eigenvalue weighted by Crippen LogP contribution is -2.24. The van der Waals surface area contributed by atoms with Gasteiger partial charge in [0.1, 0.15) is 17.1 Å². The summed E-state index contributed by atoms with van der Waals surface area (Å²) in [6.45, 7) is 0.651. The molecule has 168 valence electrons. The lowest BCUT2D eigenvalue weighted by Gasteiger charge is -2.07. The number of aromatic nitrogens is 3. The number of hydrogen-bond acceptors (Lipinski definition) is 4. The Labute approximate surface area is 194 Å². The zero-order chi connectivity index (χ0) is 23.0. The van der Waals surface area contributed by atoms with E-state index in [0.717, 1.165) is 47.5 Å². The molecule has 4 aromatic rings. The van der Waals surface area contributed by atoms with E-state index >= 15 is 0 Å². The summed E-state index contributed by atoms with van der Waals surface area (Å²) in [6, 6.07) is 25.7. The minimum absolute atomic E-state index is 0.0774. The van der Waals surface area contributed by atoms with Gasteiger partial charge in [0.25, 0.3) is 5.91 Å². The van der Waals surface area contributed by atoms with Crippen molar-refractivity contribution < 1.29 is 9.53 Å². The van der Waals surface area contributed by atoms with Crippen LogP contribution in [0.15, 0.2) is 78.9 Å². The Bertz CT molecular complexity index is 1200. The summed E-state index contributed by atoms with van der Waals surface area (Å²) in [5.41, 5.74) is 5.23. The van der Waals surface area contributed by atoms with Gasteiger partial charge in [-0.2, -0.15) is 15.0 Å². The van der Waals surface area contributed by atoms with Gasteiger partial charge in [0, 0.05) is 30.3 Å². The second-order valence-electron chi connectivity index (χ2n) is 7.89. The highest BCUT2D eigenvalue weighted by Gasteiger charge is 2.16. The van der Waals surface area contributed by atoms with Gasteiger partial charge >= 0.3 is 0 Å². The third-order valence-corrected chi connectivity index (χ3v) is 5.50. The molecular weight excluding hydrogens is 412 g/mol. The Balaban J connectivity index is 1.42. The second-order valence-corrected chi connectivity index (χ2v) is 7.89. The van der Waals surface area contributed by atoms with Gasteiger partial charge in [-0.05, 0) is 61.2 Å². The minimum atomic E-state index is -0.0774. The predicted octanol–water partition coefficient (Wildman–Crippen LogP) is 4.91. The number of aryl methyl sites for hydroxylation is 2. The minimum Gasteiger partial charge on any atom is -0.497 e. The molecule has 0 aliphatic carbocycles. The fraction of sp³-hybridized carbons (Fsp3) is 0.222. The van der Waals surface area contributed by atoms with Gasteiger partial charge in [-0.15, -0.1) is 0 Å². The molecule has 0 saturated carbocycles. The zero-order valence-corrected chi connectivity index (χ0v) is 19.0. The maximum absolute atomic E-state index is 12.7. The molecule has 0 spiro atoms. The van der Waals surface area contributed by atoms with Crippen LogP contribution in [0, 0.1) is 0 Å². The van der Waals surface area contributed by atoms with E-state index in [1.54, 1.807) is 19.0 Å². The average molecular weight is 441 g/mol. The molecule has 1 heterocycles. The standard InChI is InChI=1S/C27H28N4O2/c1-31-29-25(21-14-16-24(33-2)17-15-21)26(30-31)22-12-8-13-23(19-22)27(32)28-18-7-6-11-20-9-4-3-5-10-20/h3-5,8-10,12-17,19H,6-7,11,18H2,1-2H3,(H,28,32). The van der Waals surface area contributed by atoms with Gasteiger partial charge < -0.3 is 10.1 Å². The highest BCUT2D eigenvalue weighted by atomic mass is 16.5. The lowest BCUT2D eigenvalue weighted by atomic mass is 10.0. The van der Waals surface area contributed by atoms with Gasteiger partial charge in [0.15, 0.2) is 0 Å². The van der Waals surface area contributed by atoms with Crippen molar-refractivity contribution in [2.45, 2.75) is 19.3 Å². The van der Waals surface area contributed by atoms with Crippen molar-refractivity contribution in [3.8, 4) is 28.3 Å². The van der Waals surface area contributed by atoms with Crippen molar-refractivity contribution in [1.29, 1.82) is 0 Å². The first-order valence-electron chi connectivity index (χ1n) is 11.1. The van der Waals surface area contributed by atoms with Crippen LogP contribution in [0.2, 0.25) is 0 Å². The molecule has 1 N–H and O–H groups in total. The van der Waals surface area contributed by atoms with E-state index in [0.29, 0.717) is 12.1 Å². The van der Waals surface area contributed by atoms with Crippen LogP contribution in [0.25, 0.3) is 22.5 Å². The maximum atomic E-state index is 12.7. The summed E-state index contributed by atoms with van der Waals surface area (Å²) in [7, 11) is 3.44. The van der Waals surface area contributed by atoms with Crippen LogP contribution in [0.3, 0.4) is 0 Å². The Hall–Kier alpha value is -3.93. The molecule has 33 heavy (non-hydrogen) atoms. The van der Waals surface area contributed by atoms with Crippen LogP contribution in [-0.4, -0.2) is 34.6 Å². The molecule has 0 saturated heterocycles. The molecule has 0 radical (unpaired) electrons. The van der Waals surface area contributed by atoms with E-state index in [2.05, 4.69) is 39.8 Å². The third kappa shape index (κ3) is 5.66. The summed E-state index contributed by atoms with van der Waals surface area (Å²) in [5.74, 6) is 0.707. The molecule has 0 atom stereocenters. The Morgan fingerprint density at radius 1 is 0.879 bits per heavy atom. The van der Waals surface area contributed by atoms with E-state index in [1.807, 2.05) is 54.6 Å². The first-order valence-corrected chi connectivity index (χ1v) is 11.1. The number of carbonyl (C=O) groups excluding carboxylic acids is 1. The highest BCUT2D eigenvalue weighted by molar-refractivity contribution is 5.95. The molecule has 4 rings (SSSR count). The molecule has 0 aliphatic rings. The smallest absolute Gasteiger partial charge is 0.251 e. The maximum Gasteiger partial charge on any atom is 0.251 e. The number of rotatable bonds is 9. The number of ether oxygens (including phenoxy) is 1. The number of carbonyl (C=O) groups is 1. The monoisotopic (exact) mass is 440 g/mol. The number of methoxy groups -OCH3 is 1. The number of amides is 1. The Morgan fingerprint density at radius 2 is 1.61 bits per heavy atom. The van der Waals surface area contributed by atoms with E-state index in [-0.39, 0.29) is 5.91 Å². The van der Waals surface area contributed by atoms with Crippen LogP contribution in [-0.2, 0) is 13.5 Å². The van der Waals surface area contributed by atoms with E-state index in [1.165, 1.54) is 5.56 Å². The number of nitrogens with one attached hydrogen (secondary N) is 1. The molecule has 0 bridgehead atoms. The Kier molecular flexibility index (Phi) is 7.15. The van der Waals surface area contributed by atoms with Crippen molar-refractivity contribution >= 4 is 5.91 Å². The van der Waals surface area contributed by atoms with E-state index in [9.17, 15) is 4.79 Å². The van der Waals surface area contributed by atoms with Gasteiger partial charge in [-0.1, -0.05) is 42.5 Å². The summed E-state index contributed by atoms with van der Waals surface area (Å²) < 4.78 is 5.25. The number of benzene rings is 3. The molecule has 3 aromatic carbocycles. The highest BCUT2D eigenvalue weighted by Crippen LogP contribution is 2.30. The topological polar surface area (TPSA) is 69.0 Å². The van der Waals surface area contributed by atoms with Crippen molar-refractivity contribution in [3.05, 3.63) is 90.0 Å². The summed E-state index contributed by atoms with van der Waals surface area (Å²) in [5, 5.41) is 12.1. The normalized spacial score (nSPS) is 10.7. The number of unbranched alkanes of at least 4 members (excludes halogenated alkanes) is 1. The first kappa shape index (κ1) is 22.3. The van der Waals surface area contributed by atoms with Crippen LogP contribution < -0.4 is 10.1 Å². The quantitative estimate of drug-likeness (QED) is 0.376. The van der Waals surface area contributed by atoms with Crippen LogP contribution in [0.5, 0.6) is 5.75 Å². The molecule has 6 heteroatoms. The average Bonchev–Trinajstić information content (AvgIpc) is 3.26. The van der Waals surface area contributed by atoms with E-state index < -0.39 is 0 Å². The third-order valence-electron chi connectivity index (χ3n) is 5.50. The summed E-state index contributed by atoms with van der Waals surface area (Å²) in [4.78, 5) is 14.3. The van der Waals surface area contributed by atoms with Crippen LogP contribution >= 0.6 is 0 Å². The van der Waals surface area contributed by atoms with Crippen LogP contribution in [0.1, 0.15) is 28.8 Å². The van der Waals surface area contributed by atoms with Crippen molar-refractivity contribution in [1.82, 2.24) is 20.3 Å². The van der Waals surface area contributed by atoms with Gasteiger partial charge in [-0.25, -0.2) is 0 Å². The summed E-state index contributed by atoms with van der Waals surface area (Å²) >= 11 is 0. The molecule has 6 nitrogen and oxygen atoms in total. The van der Waals surface area contributed by atoms with Crippen molar-refractivity contribution in [2.75, 3.05) is 13.7 Å². The predicted molar refractivity (Wildman–Crippen MR) is 130 cm³/mol. The van der Waals surface area contributed by atoms with Crippen molar-refractivity contribution in [3.63, 3.8) is 0 Å². The lowest BCUT2D eigenvalue weighted by molar-refractivity contribution is 0.0953. The largest absolute Gasteiger partial charge is 0.497 e. The fourth-order valence-electron chi connectivity index (χ4n) is 3.75. The van der Waals surface area contributed by atoms with Gasteiger partial charge in [-0.3, -0.25) is 4.79 Å². The van der Waals surface area contributed by atoms with Gasteiger partial charge in [0.2, 0.25) is 0 Å². The van der Waals surface area contributed by atoms with Crippen molar-refractivity contribution in [2.24, 2.45) is 7.05 Å². The molecular formula is C27H28N4O2.